The highest BCUT2D eigenvalue weighted by molar-refractivity contribution is 6.30. The first-order valence-corrected chi connectivity index (χ1v) is 5.46. The number of methoxy groups -OCH3 is 1. The van der Waals surface area contributed by atoms with Crippen molar-refractivity contribution in [1.29, 1.82) is 5.26 Å². The maximum Gasteiger partial charge on any atom is 0.118 e. The van der Waals surface area contributed by atoms with E-state index in [1.807, 2.05) is 30.3 Å². The Hall–Kier alpha value is -1.98. The van der Waals surface area contributed by atoms with Crippen molar-refractivity contribution in [3.05, 3.63) is 53.1 Å². The van der Waals surface area contributed by atoms with E-state index in [9.17, 15) is 0 Å². The first-order valence-electron chi connectivity index (χ1n) is 5.08. The Morgan fingerprint density at radius 3 is 2.41 bits per heavy atom. The van der Waals surface area contributed by atoms with Crippen LogP contribution in [0.3, 0.4) is 0 Å². The van der Waals surface area contributed by atoms with Gasteiger partial charge in [-0.1, -0.05) is 29.8 Å². The highest BCUT2D eigenvalue weighted by Crippen LogP contribution is 2.27. The molecule has 0 aliphatic carbocycles. The van der Waals surface area contributed by atoms with Crippen molar-refractivity contribution in [2.45, 2.75) is 0 Å². The van der Waals surface area contributed by atoms with Crippen LogP contribution in [0.2, 0.25) is 5.02 Å². The topological polar surface area (TPSA) is 33.0 Å². The number of ether oxygens (including phenoxy) is 1. The van der Waals surface area contributed by atoms with E-state index in [-0.39, 0.29) is 0 Å². The van der Waals surface area contributed by atoms with Crippen LogP contribution in [0.25, 0.3) is 11.1 Å². The molecule has 0 unspecified atom stereocenters. The first-order chi connectivity index (χ1) is 8.24. The van der Waals surface area contributed by atoms with Gasteiger partial charge in [0.1, 0.15) is 5.75 Å². The van der Waals surface area contributed by atoms with Crippen LogP contribution in [0.1, 0.15) is 5.56 Å². The summed E-state index contributed by atoms with van der Waals surface area (Å²) < 4.78 is 5.09. The van der Waals surface area contributed by atoms with Crippen molar-refractivity contribution in [2.75, 3.05) is 7.11 Å². The second-order valence-electron chi connectivity index (χ2n) is 3.53. The van der Waals surface area contributed by atoms with Crippen LogP contribution in [-0.2, 0) is 0 Å². The standard InChI is InChI=1S/C14H10ClNO/c1-17-13-5-2-10(3-6-13)14-7-4-12(15)8-11(14)9-16/h2-8H,1H3. The lowest BCUT2D eigenvalue weighted by Gasteiger charge is -2.06. The van der Waals surface area contributed by atoms with Crippen LogP contribution in [0.5, 0.6) is 5.75 Å². The predicted octanol–water partition coefficient (Wildman–Crippen LogP) is 3.89. The Morgan fingerprint density at radius 1 is 1.12 bits per heavy atom. The van der Waals surface area contributed by atoms with Crippen LogP contribution >= 0.6 is 11.6 Å². The fraction of sp³-hybridized carbons (Fsp3) is 0.0714. The summed E-state index contributed by atoms with van der Waals surface area (Å²) in [6.07, 6.45) is 0. The van der Waals surface area contributed by atoms with Crippen molar-refractivity contribution in [1.82, 2.24) is 0 Å². The van der Waals surface area contributed by atoms with Crippen LogP contribution < -0.4 is 4.74 Å². The van der Waals surface area contributed by atoms with Gasteiger partial charge in [-0.15, -0.1) is 0 Å². The molecule has 0 saturated carbocycles. The molecule has 0 radical (unpaired) electrons. The van der Waals surface area contributed by atoms with E-state index in [0.29, 0.717) is 10.6 Å². The monoisotopic (exact) mass is 243 g/mol. The summed E-state index contributed by atoms with van der Waals surface area (Å²) in [7, 11) is 1.62. The molecule has 0 saturated heterocycles. The van der Waals surface area contributed by atoms with Gasteiger partial charge in [-0.25, -0.2) is 0 Å². The third kappa shape index (κ3) is 2.41. The van der Waals surface area contributed by atoms with Crippen LogP contribution in [0, 0.1) is 11.3 Å². The van der Waals surface area contributed by atoms with Gasteiger partial charge in [-0.2, -0.15) is 5.26 Å². The Balaban J connectivity index is 2.49. The lowest BCUT2D eigenvalue weighted by Crippen LogP contribution is -1.86. The summed E-state index contributed by atoms with van der Waals surface area (Å²) in [4.78, 5) is 0. The summed E-state index contributed by atoms with van der Waals surface area (Å²) in [6, 6.07) is 15.0. The summed E-state index contributed by atoms with van der Waals surface area (Å²) in [5.74, 6) is 0.793. The van der Waals surface area contributed by atoms with Gasteiger partial charge < -0.3 is 4.74 Å². The van der Waals surface area contributed by atoms with Gasteiger partial charge in [0.15, 0.2) is 0 Å². The highest BCUT2D eigenvalue weighted by atomic mass is 35.5. The molecule has 0 aliphatic heterocycles. The number of benzene rings is 2. The maximum absolute atomic E-state index is 9.07. The molecule has 3 heteroatoms. The van der Waals surface area contributed by atoms with Crippen LogP contribution in [-0.4, -0.2) is 7.11 Å². The number of halogens is 1. The summed E-state index contributed by atoms with van der Waals surface area (Å²) in [6.45, 7) is 0. The molecule has 17 heavy (non-hydrogen) atoms. The molecular formula is C14H10ClNO. The van der Waals surface area contributed by atoms with E-state index in [4.69, 9.17) is 21.6 Å². The third-order valence-electron chi connectivity index (χ3n) is 2.50. The number of nitriles is 1. The van der Waals surface area contributed by atoms with E-state index in [1.165, 1.54) is 0 Å². The van der Waals surface area contributed by atoms with Crippen molar-refractivity contribution < 1.29 is 4.74 Å². The smallest absolute Gasteiger partial charge is 0.118 e. The zero-order chi connectivity index (χ0) is 12.3. The van der Waals surface area contributed by atoms with E-state index >= 15 is 0 Å². The molecule has 2 nitrogen and oxygen atoms in total. The molecule has 0 aromatic heterocycles. The Labute approximate surface area is 105 Å². The van der Waals surface area contributed by atoms with Gasteiger partial charge in [0, 0.05) is 5.02 Å². The Bertz CT molecular complexity index is 570. The van der Waals surface area contributed by atoms with E-state index in [0.717, 1.165) is 16.9 Å². The molecule has 0 spiro atoms. The highest BCUT2D eigenvalue weighted by Gasteiger charge is 2.05. The van der Waals surface area contributed by atoms with Crippen molar-refractivity contribution >= 4 is 11.6 Å². The quantitative estimate of drug-likeness (QED) is 0.802. The Kier molecular flexibility index (Phi) is 3.32. The van der Waals surface area contributed by atoms with Crippen LogP contribution in [0.4, 0.5) is 0 Å². The minimum atomic E-state index is 0.568. The first kappa shape index (κ1) is 11.5. The van der Waals surface area contributed by atoms with Gasteiger partial charge in [-0.3, -0.25) is 0 Å². The molecular weight excluding hydrogens is 234 g/mol. The minimum absolute atomic E-state index is 0.568. The van der Waals surface area contributed by atoms with Crippen molar-refractivity contribution in [3.8, 4) is 22.9 Å². The zero-order valence-electron chi connectivity index (χ0n) is 9.27. The molecule has 0 N–H and O–H groups in total. The second kappa shape index (κ2) is 4.90. The van der Waals surface area contributed by atoms with Gasteiger partial charge in [0.05, 0.1) is 18.7 Å². The van der Waals surface area contributed by atoms with E-state index < -0.39 is 0 Å². The van der Waals surface area contributed by atoms with Gasteiger partial charge in [0.25, 0.3) is 0 Å². The number of hydrogen-bond donors (Lipinski definition) is 0. The second-order valence-corrected chi connectivity index (χ2v) is 3.97. The maximum atomic E-state index is 9.07. The van der Waals surface area contributed by atoms with Crippen LogP contribution in [0.15, 0.2) is 42.5 Å². The predicted molar refractivity (Wildman–Crippen MR) is 68.2 cm³/mol. The van der Waals surface area contributed by atoms with Gasteiger partial charge in [-0.05, 0) is 35.4 Å². The third-order valence-corrected chi connectivity index (χ3v) is 2.74. The molecule has 0 atom stereocenters. The fourth-order valence-corrected chi connectivity index (χ4v) is 1.80. The fourth-order valence-electron chi connectivity index (χ4n) is 1.63. The molecule has 0 aliphatic rings. The average Bonchev–Trinajstić information content (AvgIpc) is 2.39. The van der Waals surface area contributed by atoms with E-state index in [1.54, 1.807) is 19.2 Å². The largest absolute Gasteiger partial charge is 0.497 e. The molecule has 2 aromatic carbocycles. The molecule has 0 fully saturated rings. The lowest BCUT2D eigenvalue weighted by atomic mass is 10.0. The van der Waals surface area contributed by atoms with Crippen molar-refractivity contribution in [2.24, 2.45) is 0 Å². The van der Waals surface area contributed by atoms with Gasteiger partial charge in [0.2, 0.25) is 0 Å². The minimum Gasteiger partial charge on any atom is -0.497 e. The normalized spacial score (nSPS) is 9.71. The Morgan fingerprint density at radius 2 is 1.82 bits per heavy atom. The lowest BCUT2D eigenvalue weighted by molar-refractivity contribution is 0.415. The summed E-state index contributed by atoms with van der Waals surface area (Å²) in [5.41, 5.74) is 2.42. The number of hydrogen-bond acceptors (Lipinski definition) is 2. The number of nitrogens with zero attached hydrogens (tertiary/aromatic N) is 1. The van der Waals surface area contributed by atoms with Gasteiger partial charge >= 0.3 is 0 Å². The molecule has 0 heterocycles. The molecule has 0 bridgehead atoms. The molecule has 2 aromatic rings. The summed E-state index contributed by atoms with van der Waals surface area (Å²) >= 11 is 5.86. The molecule has 0 amide bonds. The zero-order valence-corrected chi connectivity index (χ0v) is 10.0. The number of rotatable bonds is 2. The van der Waals surface area contributed by atoms with E-state index in [2.05, 4.69) is 6.07 Å². The average molecular weight is 244 g/mol. The molecule has 84 valence electrons. The molecule has 2 rings (SSSR count). The SMILES string of the molecule is COc1ccc(-c2ccc(Cl)cc2C#N)cc1. The summed E-state index contributed by atoms with van der Waals surface area (Å²) in [5, 5.41) is 9.64. The van der Waals surface area contributed by atoms with Crippen molar-refractivity contribution in [3.63, 3.8) is 0 Å².